The first kappa shape index (κ1) is 15.5. The first-order valence-electron chi connectivity index (χ1n) is 6.27. The van der Waals surface area contributed by atoms with Crippen molar-refractivity contribution in [1.29, 1.82) is 0 Å². The predicted molar refractivity (Wildman–Crippen MR) is 79.7 cm³/mol. The summed E-state index contributed by atoms with van der Waals surface area (Å²) in [6.45, 7) is 2.37. The second-order valence-corrected chi connectivity index (χ2v) is 8.04. The lowest BCUT2D eigenvalue weighted by Gasteiger charge is -2.22. The molecule has 0 radical (unpaired) electrons. The Morgan fingerprint density at radius 3 is 2.50 bits per heavy atom. The first-order valence-corrected chi connectivity index (χ1v) is 8.51. The molecule has 2 rings (SSSR count). The van der Waals surface area contributed by atoms with E-state index in [4.69, 9.17) is 0 Å². The second-order valence-electron chi connectivity index (χ2n) is 5.18. The van der Waals surface area contributed by atoms with Crippen molar-refractivity contribution in [2.24, 2.45) is 5.41 Å². The van der Waals surface area contributed by atoms with Crippen molar-refractivity contribution in [1.82, 2.24) is 9.62 Å². The summed E-state index contributed by atoms with van der Waals surface area (Å²) in [7, 11) is -1.97. The van der Waals surface area contributed by atoms with E-state index in [0.717, 1.165) is 4.47 Å². The topological polar surface area (TPSA) is 66.5 Å². The zero-order valence-corrected chi connectivity index (χ0v) is 13.8. The normalized spacial score (nSPS) is 23.8. The zero-order chi connectivity index (χ0) is 15.0. The molecule has 0 spiro atoms. The number of sulfonamides is 1. The lowest BCUT2D eigenvalue weighted by Crippen LogP contribution is -2.40. The molecule has 1 aromatic carbocycles. The van der Waals surface area contributed by atoms with Gasteiger partial charge in [-0.2, -0.15) is 4.31 Å². The third-order valence-electron chi connectivity index (χ3n) is 3.66. The summed E-state index contributed by atoms with van der Waals surface area (Å²) in [5.74, 6) is -0.119. The van der Waals surface area contributed by atoms with E-state index in [1.165, 1.54) is 4.31 Å². The number of benzene rings is 1. The Labute approximate surface area is 127 Å². The fourth-order valence-electron chi connectivity index (χ4n) is 2.37. The molecule has 1 unspecified atom stereocenters. The third-order valence-corrected chi connectivity index (χ3v) is 6.05. The largest absolute Gasteiger partial charge is 0.359 e. The summed E-state index contributed by atoms with van der Waals surface area (Å²) in [6, 6.07) is 6.52. The van der Waals surface area contributed by atoms with E-state index in [0.29, 0.717) is 13.0 Å². The van der Waals surface area contributed by atoms with Crippen LogP contribution in [-0.4, -0.2) is 38.8 Å². The number of halogens is 1. The summed E-state index contributed by atoms with van der Waals surface area (Å²) < 4.78 is 27.3. The Bertz CT molecular complexity index is 615. The van der Waals surface area contributed by atoms with Crippen LogP contribution in [0.1, 0.15) is 13.3 Å². The molecule has 1 fully saturated rings. The number of hydrogen-bond donors (Lipinski definition) is 1. The van der Waals surface area contributed by atoms with Crippen LogP contribution in [0.15, 0.2) is 33.6 Å². The van der Waals surface area contributed by atoms with Crippen LogP contribution in [0.3, 0.4) is 0 Å². The molecule has 0 saturated carbocycles. The summed E-state index contributed by atoms with van der Waals surface area (Å²) in [4.78, 5) is 12.1. The predicted octanol–water partition coefficient (Wildman–Crippen LogP) is 1.60. The molecule has 1 N–H and O–H groups in total. The molecule has 0 bridgehead atoms. The molecule has 0 aliphatic carbocycles. The number of amides is 1. The van der Waals surface area contributed by atoms with Crippen molar-refractivity contribution >= 4 is 31.9 Å². The lowest BCUT2D eigenvalue weighted by atomic mass is 9.89. The molecule has 1 atom stereocenters. The second kappa shape index (κ2) is 5.46. The van der Waals surface area contributed by atoms with Crippen molar-refractivity contribution < 1.29 is 13.2 Å². The maximum Gasteiger partial charge on any atom is 0.243 e. The molecule has 7 heteroatoms. The van der Waals surface area contributed by atoms with E-state index in [1.54, 1.807) is 38.2 Å². The van der Waals surface area contributed by atoms with Crippen LogP contribution < -0.4 is 5.32 Å². The number of carbonyl (C=O) groups is 1. The summed E-state index contributed by atoms with van der Waals surface area (Å²) >= 11 is 3.28. The van der Waals surface area contributed by atoms with Gasteiger partial charge in [-0.25, -0.2) is 8.42 Å². The molecule has 5 nitrogen and oxygen atoms in total. The molecule has 1 heterocycles. The van der Waals surface area contributed by atoms with Gasteiger partial charge in [-0.05, 0) is 37.6 Å². The number of hydrogen-bond acceptors (Lipinski definition) is 3. The summed E-state index contributed by atoms with van der Waals surface area (Å²) in [6.07, 6.45) is 0.530. The van der Waals surface area contributed by atoms with E-state index in [2.05, 4.69) is 21.2 Å². The molecule has 110 valence electrons. The van der Waals surface area contributed by atoms with Crippen LogP contribution in [0.4, 0.5) is 0 Å². The standard InChI is InChI=1S/C13H17BrN2O3S/c1-13(12(17)15-2)7-8-16(9-13)20(18,19)11-5-3-10(14)4-6-11/h3-6H,7-9H2,1-2H3,(H,15,17). The molecule has 1 amide bonds. The minimum absolute atomic E-state index is 0.119. The van der Waals surface area contributed by atoms with Crippen LogP contribution in [0.25, 0.3) is 0 Å². The quantitative estimate of drug-likeness (QED) is 0.889. The lowest BCUT2D eigenvalue weighted by molar-refractivity contribution is -0.128. The molecule has 1 aromatic rings. The summed E-state index contributed by atoms with van der Waals surface area (Å²) in [5, 5.41) is 2.60. The van der Waals surface area contributed by atoms with Gasteiger partial charge in [0.25, 0.3) is 0 Å². The third kappa shape index (κ3) is 2.75. The van der Waals surface area contributed by atoms with Crippen LogP contribution in [0.5, 0.6) is 0 Å². The van der Waals surface area contributed by atoms with E-state index >= 15 is 0 Å². The highest BCUT2D eigenvalue weighted by atomic mass is 79.9. The maximum absolute atomic E-state index is 12.5. The van der Waals surface area contributed by atoms with Crippen molar-refractivity contribution in [3.05, 3.63) is 28.7 Å². The van der Waals surface area contributed by atoms with Crippen LogP contribution >= 0.6 is 15.9 Å². The Hall–Kier alpha value is -0.920. The van der Waals surface area contributed by atoms with Crippen molar-refractivity contribution in [3.63, 3.8) is 0 Å². The Kier molecular flexibility index (Phi) is 4.22. The van der Waals surface area contributed by atoms with Gasteiger partial charge >= 0.3 is 0 Å². The van der Waals surface area contributed by atoms with Crippen LogP contribution in [-0.2, 0) is 14.8 Å². The molecule has 0 aromatic heterocycles. The molecular weight excluding hydrogens is 344 g/mol. The first-order chi connectivity index (χ1) is 9.29. The maximum atomic E-state index is 12.5. The molecule has 1 aliphatic rings. The highest BCUT2D eigenvalue weighted by molar-refractivity contribution is 9.10. The Morgan fingerprint density at radius 1 is 1.35 bits per heavy atom. The number of rotatable bonds is 3. The van der Waals surface area contributed by atoms with Gasteiger partial charge in [-0.15, -0.1) is 0 Å². The fraction of sp³-hybridized carbons (Fsp3) is 0.462. The van der Waals surface area contributed by atoms with Gasteiger partial charge in [0.1, 0.15) is 0 Å². The SMILES string of the molecule is CNC(=O)C1(C)CCN(S(=O)(=O)c2ccc(Br)cc2)C1. The Morgan fingerprint density at radius 2 is 1.95 bits per heavy atom. The molecule has 1 aliphatic heterocycles. The number of nitrogens with one attached hydrogen (secondary N) is 1. The van der Waals surface area contributed by atoms with Crippen LogP contribution in [0, 0.1) is 5.41 Å². The van der Waals surface area contributed by atoms with E-state index in [-0.39, 0.29) is 17.3 Å². The van der Waals surface area contributed by atoms with E-state index in [9.17, 15) is 13.2 Å². The highest BCUT2D eigenvalue weighted by Crippen LogP contribution is 2.33. The molecule has 20 heavy (non-hydrogen) atoms. The van der Waals surface area contributed by atoms with E-state index < -0.39 is 15.4 Å². The van der Waals surface area contributed by atoms with Gasteiger partial charge in [0, 0.05) is 24.6 Å². The van der Waals surface area contributed by atoms with Gasteiger partial charge in [0.15, 0.2) is 0 Å². The highest BCUT2D eigenvalue weighted by Gasteiger charge is 2.44. The van der Waals surface area contributed by atoms with E-state index in [1.807, 2.05) is 0 Å². The van der Waals surface area contributed by atoms with Crippen molar-refractivity contribution in [2.45, 2.75) is 18.2 Å². The fourth-order valence-corrected chi connectivity index (χ4v) is 4.20. The molecular formula is C13H17BrN2O3S. The summed E-state index contributed by atoms with van der Waals surface area (Å²) in [5.41, 5.74) is -0.656. The average molecular weight is 361 g/mol. The zero-order valence-electron chi connectivity index (χ0n) is 11.4. The average Bonchev–Trinajstić information content (AvgIpc) is 2.83. The number of carbonyl (C=O) groups excluding carboxylic acids is 1. The Balaban J connectivity index is 2.25. The van der Waals surface area contributed by atoms with Crippen molar-refractivity contribution in [3.8, 4) is 0 Å². The van der Waals surface area contributed by atoms with Gasteiger partial charge < -0.3 is 5.32 Å². The van der Waals surface area contributed by atoms with Crippen molar-refractivity contribution in [2.75, 3.05) is 20.1 Å². The smallest absolute Gasteiger partial charge is 0.243 e. The van der Waals surface area contributed by atoms with Gasteiger partial charge in [0.05, 0.1) is 10.3 Å². The minimum Gasteiger partial charge on any atom is -0.359 e. The van der Waals surface area contributed by atoms with Gasteiger partial charge in [0.2, 0.25) is 15.9 Å². The van der Waals surface area contributed by atoms with Gasteiger partial charge in [-0.3, -0.25) is 4.79 Å². The van der Waals surface area contributed by atoms with Crippen LogP contribution in [0.2, 0.25) is 0 Å². The molecule has 1 saturated heterocycles. The number of nitrogens with zero attached hydrogens (tertiary/aromatic N) is 1. The minimum atomic E-state index is -3.54. The van der Waals surface area contributed by atoms with Gasteiger partial charge in [-0.1, -0.05) is 15.9 Å². The monoisotopic (exact) mass is 360 g/mol.